The maximum atomic E-state index is 12.9. The minimum Gasteiger partial charge on any atom is -0.461 e. The van der Waals surface area contributed by atoms with Crippen LogP contribution in [0.5, 0.6) is 0 Å². The van der Waals surface area contributed by atoms with Gasteiger partial charge in [0.25, 0.3) is 0 Å². The van der Waals surface area contributed by atoms with Gasteiger partial charge < -0.3 is 14.2 Å². The molecular weight excluding hydrogens is 636 g/mol. The Kier molecular flexibility index (Phi) is 11.0. The number of ether oxygens (including phenoxy) is 3. The lowest BCUT2D eigenvalue weighted by Crippen LogP contribution is -2.46. The highest BCUT2D eigenvalue weighted by molar-refractivity contribution is 9.10. The largest absolute Gasteiger partial charge is 0.461 e. The van der Waals surface area contributed by atoms with Gasteiger partial charge in [0.2, 0.25) is 0 Å². The van der Waals surface area contributed by atoms with Crippen LogP contribution in [0.2, 0.25) is 0 Å². The third-order valence-electron chi connectivity index (χ3n) is 4.50. The molecule has 1 rings (SSSR count). The molecule has 1 fully saturated rings. The van der Waals surface area contributed by atoms with Gasteiger partial charge in [0.1, 0.15) is 31.3 Å². The number of halogens is 3. The average molecular weight is 661 g/mol. The number of hydrogen-bond acceptors (Lipinski definition) is 8. The number of alkyl halides is 3. The van der Waals surface area contributed by atoms with Crippen molar-refractivity contribution in [1.29, 1.82) is 0 Å². The van der Waals surface area contributed by atoms with Gasteiger partial charge in [-0.15, -0.1) is 0 Å². The van der Waals surface area contributed by atoms with Crippen LogP contribution >= 0.6 is 47.8 Å². The molecule has 15 heteroatoms. The zero-order chi connectivity index (χ0) is 25.4. The molecule has 0 amide bonds. The van der Waals surface area contributed by atoms with Crippen molar-refractivity contribution in [3.05, 3.63) is 20.9 Å². The van der Waals surface area contributed by atoms with Crippen LogP contribution in [0.15, 0.2) is 10.2 Å². The molecule has 2 unspecified atom stereocenters. The first-order valence-corrected chi connectivity index (χ1v) is 12.2. The van der Waals surface area contributed by atoms with E-state index in [4.69, 9.17) is 25.3 Å². The molecule has 2 atom stereocenters. The molecule has 0 aromatic carbocycles. The van der Waals surface area contributed by atoms with Gasteiger partial charge >= 0.3 is 17.9 Å². The molecular formula is C18H25Br3N6O6. The van der Waals surface area contributed by atoms with Crippen molar-refractivity contribution in [3.8, 4) is 0 Å². The Morgan fingerprint density at radius 2 is 1.06 bits per heavy atom. The van der Waals surface area contributed by atoms with Gasteiger partial charge in [0.05, 0.1) is 13.1 Å². The number of azide groups is 2. The minimum atomic E-state index is -1.57. The molecule has 1 saturated carbocycles. The van der Waals surface area contributed by atoms with Crippen molar-refractivity contribution in [3.63, 3.8) is 0 Å². The highest BCUT2D eigenvalue weighted by Gasteiger charge is 2.42. The van der Waals surface area contributed by atoms with Crippen LogP contribution in [0.25, 0.3) is 20.9 Å². The number of esters is 3. The zero-order valence-corrected chi connectivity index (χ0v) is 23.3. The highest BCUT2D eigenvalue weighted by Crippen LogP contribution is 2.32. The van der Waals surface area contributed by atoms with Crippen LogP contribution in [-0.4, -0.2) is 62.3 Å². The van der Waals surface area contributed by atoms with Crippen molar-refractivity contribution in [1.82, 2.24) is 0 Å². The molecule has 0 heterocycles. The van der Waals surface area contributed by atoms with E-state index in [1.807, 2.05) is 0 Å². The van der Waals surface area contributed by atoms with Crippen LogP contribution in [0.1, 0.15) is 47.0 Å². The lowest BCUT2D eigenvalue weighted by Gasteiger charge is -2.36. The number of rotatable bonds is 10. The molecule has 33 heavy (non-hydrogen) atoms. The SMILES string of the molecule is CC(C)(Br)C(=O)OC1CC(OC(=O)C(C)(C)Br)CC(OC(=O)C(Br)(CN=[N+]=[N-])CN=[N+]=[N-])C1. The number of hydrogen-bond donors (Lipinski definition) is 0. The van der Waals surface area contributed by atoms with E-state index in [1.54, 1.807) is 27.7 Å². The van der Waals surface area contributed by atoms with Gasteiger partial charge in [-0.05, 0) is 38.8 Å². The summed E-state index contributed by atoms with van der Waals surface area (Å²) in [5.41, 5.74) is 17.2. The third-order valence-corrected chi connectivity index (χ3v) is 5.98. The third kappa shape index (κ3) is 9.70. The fourth-order valence-electron chi connectivity index (χ4n) is 2.76. The average Bonchev–Trinajstić information content (AvgIpc) is 2.69. The Morgan fingerprint density at radius 3 is 1.33 bits per heavy atom. The van der Waals surface area contributed by atoms with Gasteiger partial charge in [-0.2, -0.15) is 0 Å². The first-order chi connectivity index (χ1) is 15.1. The summed E-state index contributed by atoms with van der Waals surface area (Å²) in [5.74, 6) is -1.87. The molecule has 12 nitrogen and oxygen atoms in total. The number of carbonyl (C=O) groups excluding carboxylic acids is 3. The second-order valence-electron chi connectivity index (χ2n) is 8.48. The van der Waals surface area contributed by atoms with Crippen LogP contribution in [-0.2, 0) is 28.6 Å². The van der Waals surface area contributed by atoms with E-state index in [1.165, 1.54) is 0 Å². The van der Waals surface area contributed by atoms with Gasteiger partial charge in [0.15, 0.2) is 0 Å². The van der Waals surface area contributed by atoms with E-state index in [-0.39, 0.29) is 32.4 Å². The van der Waals surface area contributed by atoms with Gasteiger partial charge in [0, 0.05) is 29.1 Å². The van der Waals surface area contributed by atoms with E-state index < -0.39 is 49.2 Å². The molecule has 1 aliphatic rings. The first kappa shape index (κ1) is 29.5. The van der Waals surface area contributed by atoms with Gasteiger partial charge in [-0.3, -0.25) is 14.4 Å². The van der Waals surface area contributed by atoms with Crippen LogP contribution in [0, 0.1) is 0 Å². The van der Waals surface area contributed by atoms with E-state index in [0.717, 1.165) is 0 Å². The van der Waals surface area contributed by atoms with Crippen molar-refractivity contribution < 1.29 is 28.6 Å². The van der Waals surface area contributed by atoms with Crippen molar-refractivity contribution in [2.24, 2.45) is 10.2 Å². The first-order valence-electron chi connectivity index (χ1n) is 9.84. The minimum absolute atomic E-state index is 0.165. The van der Waals surface area contributed by atoms with Crippen molar-refractivity contribution in [2.45, 2.75) is 78.2 Å². The summed E-state index contributed by atoms with van der Waals surface area (Å²) in [6.07, 6.45) is -1.59. The lowest BCUT2D eigenvalue weighted by atomic mass is 9.91. The zero-order valence-electron chi connectivity index (χ0n) is 18.5. The van der Waals surface area contributed by atoms with Gasteiger partial charge in [-0.25, -0.2) is 0 Å². The topological polar surface area (TPSA) is 176 Å². The normalized spacial score (nSPS) is 22.6. The molecule has 0 bridgehead atoms. The van der Waals surface area contributed by atoms with Crippen molar-refractivity contribution >= 4 is 65.7 Å². The van der Waals surface area contributed by atoms with Gasteiger partial charge in [-0.1, -0.05) is 58.0 Å². The number of carbonyl (C=O) groups is 3. The summed E-state index contributed by atoms with van der Waals surface area (Å²) in [7, 11) is 0. The Morgan fingerprint density at radius 1 is 0.758 bits per heavy atom. The van der Waals surface area contributed by atoms with Crippen LogP contribution in [0.4, 0.5) is 0 Å². The summed E-state index contributed by atoms with van der Waals surface area (Å²) in [4.78, 5) is 42.8. The quantitative estimate of drug-likeness (QED) is 0.0794. The molecule has 184 valence electrons. The summed E-state index contributed by atoms with van der Waals surface area (Å²) in [6.45, 7) is 5.80. The van der Waals surface area contributed by atoms with E-state index >= 15 is 0 Å². The van der Waals surface area contributed by atoms with E-state index in [9.17, 15) is 14.4 Å². The maximum absolute atomic E-state index is 12.9. The van der Waals surface area contributed by atoms with E-state index in [2.05, 4.69) is 67.8 Å². The smallest absolute Gasteiger partial charge is 0.323 e. The van der Waals surface area contributed by atoms with E-state index in [0.29, 0.717) is 0 Å². The second-order valence-corrected chi connectivity index (χ2v) is 14.0. The Bertz CT molecular complexity index is 790. The molecule has 0 N–H and O–H groups in total. The molecule has 0 spiro atoms. The summed E-state index contributed by atoms with van der Waals surface area (Å²) in [5, 5.41) is 6.75. The summed E-state index contributed by atoms with van der Waals surface area (Å²) >= 11 is 9.64. The molecule has 1 aliphatic carbocycles. The predicted octanol–water partition coefficient (Wildman–Crippen LogP) is 5.01. The highest BCUT2D eigenvalue weighted by atomic mass is 79.9. The van der Waals surface area contributed by atoms with Crippen molar-refractivity contribution in [2.75, 3.05) is 13.1 Å². The molecule has 0 aromatic heterocycles. The summed E-state index contributed by atoms with van der Waals surface area (Å²) < 4.78 is 13.3. The Balaban J connectivity index is 3.07. The standard InChI is InChI=1S/C18H25Br3N6O6/c1-16(2,19)13(28)31-10-5-11(32-14(29)17(3,4)20)7-12(6-10)33-15(30)18(21,8-24-26-22)9-25-27-23/h10-12H,5-9H2,1-4H3. The fraction of sp³-hybridized carbons (Fsp3) is 0.833. The monoisotopic (exact) mass is 658 g/mol. The second kappa shape index (κ2) is 12.3. The lowest BCUT2D eigenvalue weighted by molar-refractivity contribution is -0.171. The predicted molar refractivity (Wildman–Crippen MR) is 129 cm³/mol. The molecule has 0 aromatic rings. The molecule has 0 aliphatic heterocycles. The summed E-state index contributed by atoms with van der Waals surface area (Å²) in [6, 6.07) is 0. The van der Waals surface area contributed by atoms with Crippen LogP contribution < -0.4 is 0 Å². The molecule has 0 saturated heterocycles. The number of nitrogens with zero attached hydrogens (tertiary/aromatic N) is 6. The Hall–Kier alpha value is -1.53. The van der Waals surface area contributed by atoms with Crippen LogP contribution in [0.3, 0.4) is 0 Å². The fourth-order valence-corrected chi connectivity index (χ4v) is 3.27. The molecule has 0 radical (unpaired) electrons. The Labute approximate surface area is 216 Å². The maximum Gasteiger partial charge on any atom is 0.323 e.